The van der Waals surface area contributed by atoms with Crippen LogP contribution in [0.25, 0.3) is 0 Å². The Hall–Kier alpha value is -2.43. The number of benzene rings is 2. The topological polar surface area (TPSA) is 104 Å². The highest BCUT2D eigenvalue weighted by Gasteiger charge is 2.21. The van der Waals surface area contributed by atoms with Crippen molar-refractivity contribution in [1.82, 2.24) is 4.31 Å². The van der Waals surface area contributed by atoms with Crippen molar-refractivity contribution in [2.75, 3.05) is 35.5 Å². The molecule has 0 aromatic heterocycles. The minimum atomic E-state index is -3.56. The fraction of sp³-hybridized carbons (Fsp3) is 0.435. The molecule has 0 saturated carbocycles. The number of hydrogen-bond acceptors (Lipinski definition) is 5. The Labute approximate surface area is 197 Å². The molecule has 0 radical (unpaired) electrons. The van der Waals surface area contributed by atoms with E-state index >= 15 is 0 Å². The molecule has 0 bridgehead atoms. The molecule has 0 heterocycles. The predicted molar refractivity (Wildman–Crippen MR) is 133 cm³/mol. The van der Waals surface area contributed by atoms with Gasteiger partial charge in [-0.2, -0.15) is 4.31 Å². The van der Waals surface area contributed by atoms with E-state index in [1.165, 1.54) is 20.7 Å². The molecule has 0 saturated heterocycles. The Morgan fingerprint density at radius 1 is 0.909 bits per heavy atom. The second kappa shape index (κ2) is 11.1. The molecule has 0 atom stereocenters. The van der Waals surface area contributed by atoms with E-state index in [2.05, 4.69) is 5.32 Å². The van der Waals surface area contributed by atoms with E-state index < -0.39 is 20.0 Å². The summed E-state index contributed by atoms with van der Waals surface area (Å²) in [6, 6.07) is 11.6. The van der Waals surface area contributed by atoms with Crippen molar-refractivity contribution < 1.29 is 21.6 Å². The summed E-state index contributed by atoms with van der Waals surface area (Å²) in [6.45, 7) is 8.30. The van der Waals surface area contributed by atoms with Crippen LogP contribution >= 0.6 is 0 Å². The van der Waals surface area contributed by atoms with E-state index in [1.807, 2.05) is 32.0 Å². The zero-order chi connectivity index (χ0) is 24.8. The lowest BCUT2D eigenvalue weighted by molar-refractivity contribution is -0.116. The first-order chi connectivity index (χ1) is 15.4. The summed E-state index contributed by atoms with van der Waals surface area (Å²) in [4.78, 5) is 12.5. The fourth-order valence-electron chi connectivity index (χ4n) is 3.61. The van der Waals surface area contributed by atoms with E-state index in [4.69, 9.17) is 0 Å². The second-order valence-electron chi connectivity index (χ2n) is 7.95. The Balaban J connectivity index is 2.00. The summed E-state index contributed by atoms with van der Waals surface area (Å²) < 4.78 is 52.4. The van der Waals surface area contributed by atoms with E-state index in [0.29, 0.717) is 30.9 Å². The van der Waals surface area contributed by atoms with Crippen molar-refractivity contribution in [2.24, 2.45) is 0 Å². The third-order valence-corrected chi connectivity index (χ3v) is 8.40. The van der Waals surface area contributed by atoms with Crippen molar-refractivity contribution >= 4 is 37.3 Å². The summed E-state index contributed by atoms with van der Waals surface area (Å²) in [6.07, 6.45) is 1.61. The molecule has 0 spiro atoms. The van der Waals surface area contributed by atoms with Crippen LogP contribution in [-0.4, -0.2) is 52.9 Å². The Bertz CT molecular complexity index is 1150. The van der Waals surface area contributed by atoms with Crippen LogP contribution in [0.1, 0.15) is 37.8 Å². The third kappa shape index (κ3) is 7.28. The molecule has 0 unspecified atom stereocenters. The van der Waals surface area contributed by atoms with Crippen LogP contribution in [-0.2, 0) is 24.8 Å². The summed E-state index contributed by atoms with van der Waals surface area (Å²) in [5.74, 6) is -0.275. The maximum absolute atomic E-state index is 12.6. The van der Waals surface area contributed by atoms with Gasteiger partial charge in [0.1, 0.15) is 0 Å². The lowest BCUT2D eigenvalue weighted by Gasteiger charge is -2.23. The van der Waals surface area contributed by atoms with Gasteiger partial charge in [-0.3, -0.25) is 9.10 Å². The standard InChI is InChI=1S/C23H33N3O5S2/c1-6-25(7-2)33(30,31)22-12-10-20(11-13-22)24-23(27)9-8-14-26(32(5,28)29)21-16-18(3)15-19(4)17-21/h10-13,15-17H,6-9,14H2,1-5H3,(H,24,27). The molecule has 0 fully saturated rings. The van der Waals surface area contributed by atoms with Gasteiger partial charge in [-0.1, -0.05) is 19.9 Å². The van der Waals surface area contributed by atoms with Crippen LogP contribution < -0.4 is 9.62 Å². The van der Waals surface area contributed by atoms with Crippen LogP contribution in [0.15, 0.2) is 47.4 Å². The summed E-state index contributed by atoms with van der Waals surface area (Å²) in [5, 5.41) is 2.73. The highest BCUT2D eigenvalue weighted by Crippen LogP contribution is 2.22. The molecule has 10 heteroatoms. The normalized spacial score (nSPS) is 12.1. The van der Waals surface area contributed by atoms with Crippen LogP contribution in [0, 0.1) is 13.8 Å². The van der Waals surface area contributed by atoms with E-state index in [0.717, 1.165) is 17.4 Å². The Kier molecular flexibility index (Phi) is 9.04. The largest absolute Gasteiger partial charge is 0.326 e. The molecular formula is C23H33N3O5S2. The van der Waals surface area contributed by atoms with Gasteiger partial charge in [0.2, 0.25) is 26.0 Å². The summed E-state index contributed by atoms with van der Waals surface area (Å²) in [7, 11) is -7.06. The number of hydrogen-bond donors (Lipinski definition) is 1. The number of nitrogens with zero attached hydrogens (tertiary/aromatic N) is 2. The summed E-state index contributed by atoms with van der Waals surface area (Å²) in [5.41, 5.74) is 2.99. The molecule has 0 aliphatic heterocycles. The van der Waals surface area contributed by atoms with Gasteiger partial charge in [-0.25, -0.2) is 16.8 Å². The lowest BCUT2D eigenvalue weighted by Crippen LogP contribution is -2.31. The van der Waals surface area contributed by atoms with Crippen LogP contribution in [0.2, 0.25) is 0 Å². The van der Waals surface area contributed by atoms with Crippen LogP contribution in [0.5, 0.6) is 0 Å². The van der Waals surface area contributed by atoms with Gasteiger partial charge in [-0.05, 0) is 67.8 Å². The predicted octanol–water partition coefficient (Wildman–Crippen LogP) is 3.52. The Morgan fingerprint density at radius 2 is 1.45 bits per heavy atom. The van der Waals surface area contributed by atoms with Gasteiger partial charge >= 0.3 is 0 Å². The maximum Gasteiger partial charge on any atom is 0.243 e. The minimum Gasteiger partial charge on any atom is -0.326 e. The third-order valence-electron chi connectivity index (χ3n) is 5.14. The van der Waals surface area contributed by atoms with Crippen molar-refractivity contribution in [3.63, 3.8) is 0 Å². The quantitative estimate of drug-likeness (QED) is 0.514. The lowest BCUT2D eigenvalue weighted by atomic mass is 10.1. The first kappa shape index (κ1) is 26.8. The summed E-state index contributed by atoms with van der Waals surface area (Å²) >= 11 is 0. The number of anilines is 2. The molecule has 182 valence electrons. The van der Waals surface area contributed by atoms with Crippen molar-refractivity contribution in [3.05, 3.63) is 53.6 Å². The first-order valence-electron chi connectivity index (χ1n) is 10.8. The van der Waals surface area contributed by atoms with Gasteiger partial charge in [0.05, 0.1) is 16.8 Å². The average molecular weight is 496 g/mol. The molecule has 2 rings (SSSR count). The van der Waals surface area contributed by atoms with Crippen molar-refractivity contribution in [3.8, 4) is 0 Å². The highest BCUT2D eigenvalue weighted by atomic mass is 32.2. The second-order valence-corrected chi connectivity index (χ2v) is 11.8. The maximum atomic E-state index is 12.6. The molecule has 0 aliphatic rings. The van der Waals surface area contributed by atoms with Gasteiger partial charge in [0.25, 0.3) is 0 Å². The molecule has 1 N–H and O–H groups in total. The van der Waals surface area contributed by atoms with Gasteiger partial charge in [0.15, 0.2) is 0 Å². The number of amides is 1. The number of nitrogens with one attached hydrogen (secondary N) is 1. The minimum absolute atomic E-state index is 0.121. The molecule has 2 aromatic carbocycles. The Morgan fingerprint density at radius 3 is 1.94 bits per heavy atom. The molecule has 0 aliphatic carbocycles. The van der Waals surface area contributed by atoms with Gasteiger partial charge < -0.3 is 5.32 Å². The molecule has 2 aromatic rings. The zero-order valence-corrected chi connectivity index (χ0v) is 21.5. The van der Waals surface area contributed by atoms with Crippen LogP contribution in [0.4, 0.5) is 11.4 Å². The van der Waals surface area contributed by atoms with E-state index in [1.54, 1.807) is 26.0 Å². The fourth-order valence-corrected chi connectivity index (χ4v) is 6.02. The molecular weight excluding hydrogens is 462 g/mol. The SMILES string of the molecule is CCN(CC)S(=O)(=O)c1ccc(NC(=O)CCCN(c2cc(C)cc(C)c2)S(C)(=O)=O)cc1. The molecule has 33 heavy (non-hydrogen) atoms. The van der Waals surface area contributed by atoms with Gasteiger partial charge in [-0.15, -0.1) is 0 Å². The number of sulfonamides is 2. The van der Waals surface area contributed by atoms with E-state index in [-0.39, 0.29) is 23.8 Å². The van der Waals surface area contributed by atoms with Crippen LogP contribution in [0.3, 0.4) is 0 Å². The smallest absolute Gasteiger partial charge is 0.243 e. The van der Waals surface area contributed by atoms with E-state index in [9.17, 15) is 21.6 Å². The van der Waals surface area contributed by atoms with Crippen molar-refractivity contribution in [1.29, 1.82) is 0 Å². The number of carbonyl (C=O) groups is 1. The highest BCUT2D eigenvalue weighted by molar-refractivity contribution is 7.92. The molecule has 1 amide bonds. The first-order valence-corrected chi connectivity index (χ1v) is 14.1. The number of carbonyl (C=O) groups excluding carboxylic acids is 1. The monoisotopic (exact) mass is 495 g/mol. The zero-order valence-electron chi connectivity index (χ0n) is 19.8. The average Bonchev–Trinajstić information content (AvgIpc) is 2.70. The van der Waals surface area contributed by atoms with Gasteiger partial charge in [0, 0.05) is 31.7 Å². The molecule has 8 nitrogen and oxygen atoms in total. The number of rotatable bonds is 11. The van der Waals surface area contributed by atoms with Crippen molar-refractivity contribution in [2.45, 2.75) is 45.4 Å². The number of aryl methyl sites for hydroxylation is 2.